The zero-order valence-electron chi connectivity index (χ0n) is 16.1. The van der Waals surface area contributed by atoms with Gasteiger partial charge in [-0.2, -0.15) is 0 Å². The molecule has 0 rings (SSSR count). The standard InChI is InChI=1S/C16H26N4O8/c1-7(2)13(19-9(4)21)15(26)20-10(5-12(23)24)14(25)17-6-11(22)18-8(3)16(27)28/h7-8,10,13H,5-6H2,1-4H3,(H,17,25)(H,18,22)(H,19,21)(H,20,26)(H,23,24)(H,27,28)/t8-,10-,13-/m0/s1. The van der Waals surface area contributed by atoms with Crippen LogP contribution in [0.4, 0.5) is 0 Å². The largest absolute Gasteiger partial charge is 0.481 e. The molecule has 28 heavy (non-hydrogen) atoms. The average molecular weight is 402 g/mol. The zero-order chi connectivity index (χ0) is 22.0. The summed E-state index contributed by atoms with van der Waals surface area (Å²) in [4.78, 5) is 69.0. The minimum absolute atomic E-state index is 0.333. The summed E-state index contributed by atoms with van der Waals surface area (Å²) in [6.07, 6.45) is -0.754. The normalized spacial score (nSPS) is 13.6. The lowest BCUT2D eigenvalue weighted by molar-refractivity contribution is -0.142. The molecular weight excluding hydrogens is 376 g/mol. The van der Waals surface area contributed by atoms with Crippen LogP contribution in [0.3, 0.4) is 0 Å². The van der Waals surface area contributed by atoms with E-state index in [4.69, 9.17) is 10.2 Å². The topological polar surface area (TPSA) is 191 Å². The summed E-state index contributed by atoms with van der Waals surface area (Å²) >= 11 is 0. The van der Waals surface area contributed by atoms with E-state index in [0.29, 0.717) is 0 Å². The van der Waals surface area contributed by atoms with Crippen molar-refractivity contribution in [2.75, 3.05) is 6.54 Å². The summed E-state index contributed by atoms with van der Waals surface area (Å²) in [6.45, 7) is 5.13. The van der Waals surface area contributed by atoms with Crippen molar-refractivity contribution in [3.63, 3.8) is 0 Å². The third kappa shape index (κ3) is 9.50. The third-order valence-corrected chi connectivity index (χ3v) is 3.49. The lowest BCUT2D eigenvalue weighted by atomic mass is 10.0. The van der Waals surface area contributed by atoms with E-state index < -0.39 is 66.7 Å². The second kappa shape index (κ2) is 11.5. The Labute approximate surface area is 161 Å². The minimum atomic E-state index is -1.50. The van der Waals surface area contributed by atoms with Gasteiger partial charge in [0.25, 0.3) is 0 Å². The average Bonchev–Trinajstić information content (AvgIpc) is 2.55. The molecule has 0 heterocycles. The molecule has 0 spiro atoms. The predicted octanol–water partition coefficient (Wildman–Crippen LogP) is -2.19. The number of carboxylic acids is 2. The second-order valence-electron chi connectivity index (χ2n) is 6.43. The van der Waals surface area contributed by atoms with Crippen LogP contribution < -0.4 is 21.3 Å². The van der Waals surface area contributed by atoms with E-state index in [1.54, 1.807) is 13.8 Å². The van der Waals surface area contributed by atoms with Gasteiger partial charge in [0.2, 0.25) is 23.6 Å². The van der Waals surface area contributed by atoms with Crippen molar-refractivity contribution in [2.45, 2.75) is 52.2 Å². The lowest BCUT2D eigenvalue weighted by Gasteiger charge is -2.24. The summed E-state index contributed by atoms with van der Waals surface area (Å²) in [5.41, 5.74) is 0. The van der Waals surface area contributed by atoms with Gasteiger partial charge in [0.05, 0.1) is 13.0 Å². The van der Waals surface area contributed by atoms with Crippen molar-refractivity contribution in [2.24, 2.45) is 5.92 Å². The van der Waals surface area contributed by atoms with Crippen molar-refractivity contribution in [1.82, 2.24) is 21.3 Å². The van der Waals surface area contributed by atoms with Gasteiger partial charge in [0.1, 0.15) is 18.1 Å². The Bertz CT molecular complexity index is 634. The van der Waals surface area contributed by atoms with Gasteiger partial charge in [-0.3, -0.25) is 28.8 Å². The molecule has 0 aliphatic rings. The molecule has 0 unspecified atom stereocenters. The van der Waals surface area contributed by atoms with E-state index >= 15 is 0 Å². The smallest absolute Gasteiger partial charge is 0.325 e. The number of nitrogens with one attached hydrogen (secondary N) is 4. The molecule has 0 bridgehead atoms. The molecule has 0 radical (unpaired) electrons. The van der Waals surface area contributed by atoms with E-state index in [0.717, 1.165) is 0 Å². The van der Waals surface area contributed by atoms with E-state index in [9.17, 15) is 28.8 Å². The van der Waals surface area contributed by atoms with Crippen LogP contribution in [-0.2, 0) is 28.8 Å². The summed E-state index contributed by atoms with van der Waals surface area (Å²) in [7, 11) is 0. The van der Waals surface area contributed by atoms with Gasteiger partial charge >= 0.3 is 11.9 Å². The third-order valence-electron chi connectivity index (χ3n) is 3.49. The molecule has 6 N–H and O–H groups in total. The Morgan fingerprint density at radius 3 is 1.86 bits per heavy atom. The molecule has 0 aliphatic heterocycles. The van der Waals surface area contributed by atoms with Crippen molar-refractivity contribution in [1.29, 1.82) is 0 Å². The lowest BCUT2D eigenvalue weighted by Crippen LogP contribution is -2.56. The molecule has 12 heteroatoms. The molecule has 4 amide bonds. The highest BCUT2D eigenvalue weighted by atomic mass is 16.4. The number of aliphatic carboxylic acids is 2. The number of carbonyl (C=O) groups excluding carboxylic acids is 4. The summed E-state index contributed by atoms with van der Waals surface area (Å²) in [5, 5.41) is 26.6. The Morgan fingerprint density at radius 1 is 0.857 bits per heavy atom. The van der Waals surface area contributed by atoms with Gasteiger partial charge in [0.15, 0.2) is 0 Å². The van der Waals surface area contributed by atoms with Crippen molar-refractivity contribution in [3.05, 3.63) is 0 Å². The fourth-order valence-electron chi connectivity index (χ4n) is 2.04. The molecule has 0 aliphatic carbocycles. The first-order chi connectivity index (χ1) is 12.8. The molecule has 0 fully saturated rings. The van der Waals surface area contributed by atoms with Crippen LogP contribution in [0.5, 0.6) is 0 Å². The number of rotatable bonds is 11. The first-order valence-corrected chi connectivity index (χ1v) is 8.44. The number of amides is 4. The fourth-order valence-corrected chi connectivity index (χ4v) is 2.04. The Kier molecular flexibility index (Phi) is 10.2. The molecule has 0 aromatic heterocycles. The number of hydrogen-bond donors (Lipinski definition) is 6. The van der Waals surface area contributed by atoms with Gasteiger partial charge in [0, 0.05) is 6.92 Å². The number of carboxylic acid groups (broad SMARTS) is 2. The Morgan fingerprint density at radius 2 is 1.43 bits per heavy atom. The number of carbonyl (C=O) groups is 6. The zero-order valence-corrected chi connectivity index (χ0v) is 16.1. The Hall–Kier alpha value is -3.18. The van der Waals surface area contributed by atoms with Gasteiger partial charge in [-0.15, -0.1) is 0 Å². The quantitative estimate of drug-likeness (QED) is 0.224. The van der Waals surface area contributed by atoms with E-state index in [1.807, 2.05) is 0 Å². The van der Waals surface area contributed by atoms with Gasteiger partial charge in [-0.1, -0.05) is 13.8 Å². The fraction of sp³-hybridized carbons (Fsp3) is 0.625. The van der Waals surface area contributed by atoms with Crippen LogP contribution in [-0.4, -0.2) is 70.5 Å². The SMILES string of the molecule is CC(=O)N[C@H](C(=O)N[C@@H](CC(=O)O)C(=O)NCC(=O)N[C@@H](C)C(=O)O)C(C)C. The molecule has 0 saturated heterocycles. The summed E-state index contributed by atoms with van der Waals surface area (Å²) < 4.78 is 0. The van der Waals surface area contributed by atoms with Crippen molar-refractivity contribution >= 4 is 35.6 Å². The molecule has 0 aromatic rings. The first kappa shape index (κ1) is 24.8. The molecular formula is C16H26N4O8. The molecule has 158 valence electrons. The van der Waals surface area contributed by atoms with E-state index in [1.165, 1.54) is 13.8 Å². The maximum atomic E-state index is 12.3. The minimum Gasteiger partial charge on any atom is -0.481 e. The van der Waals surface area contributed by atoms with Crippen LogP contribution >= 0.6 is 0 Å². The predicted molar refractivity (Wildman–Crippen MR) is 94.9 cm³/mol. The molecule has 12 nitrogen and oxygen atoms in total. The van der Waals surface area contributed by atoms with Gasteiger partial charge in [-0.25, -0.2) is 0 Å². The van der Waals surface area contributed by atoms with E-state index in [-0.39, 0.29) is 5.92 Å². The second-order valence-corrected chi connectivity index (χ2v) is 6.43. The Balaban J connectivity index is 5.00. The van der Waals surface area contributed by atoms with Gasteiger partial charge < -0.3 is 31.5 Å². The maximum absolute atomic E-state index is 12.3. The van der Waals surface area contributed by atoms with Crippen LogP contribution in [0.1, 0.15) is 34.1 Å². The molecule has 3 atom stereocenters. The van der Waals surface area contributed by atoms with Crippen LogP contribution in [0.15, 0.2) is 0 Å². The van der Waals surface area contributed by atoms with Crippen LogP contribution in [0.25, 0.3) is 0 Å². The first-order valence-electron chi connectivity index (χ1n) is 8.44. The van der Waals surface area contributed by atoms with Crippen LogP contribution in [0, 0.1) is 5.92 Å². The highest BCUT2D eigenvalue weighted by Crippen LogP contribution is 2.04. The molecule has 0 aromatic carbocycles. The maximum Gasteiger partial charge on any atom is 0.325 e. The monoisotopic (exact) mass is 402 g/mol. The van der Waals surface area contributed by atoms with Crippen molar-refractivity contribution < 1.29 is 39.0 Å². The summed E-state index contributed by atoms with van der Waals surface area (Å²) in [6, 6.07) is -3.66. The summed E-state index contributed by atoms with van der Waals surface area (Å²) in [5.74, 6) is -5.95. The van der Waals surface area contributed by atoms with Gasteiger partial charge in [-0.05, 0) is 12.8 Å². The molecule has 0 saturated carbocycles. The number of hydrogen-bond acceptors (Lipinski definition) is 6. The van der Waals surface area contributed by atoms with E-state index in [2.05, 4.69) is 21.3 Å². The highest BCUT2D eigenvalue weighted by molar-refractivity contribution is 5.95. The highest BCUT2D eigenvalue weighted by Gasteiger charge is 2.29. The van der Waals surface area contributed by atoms with Crippen LogP contribution in [0.2, 0.25) is 0 Å². The van der Waals surface area contributed by atoms with Crippen molar-refractivity contribution in [3.8, 4) is 0 Å².